The van der Waals surface area contributed by atoms with E-state index in [0.717, 1.165) is 10.0 Å². The molecule has 0 aliphatic rings. The molecular weight excluding hydrogens is 417 g/mol. The Morgan fingerprint density at radius 3 is 2.58 bits per heavy atom. The van der Waals surface area contributed by atoms with Crippen LogP contribution in [0.1, 0.15) is 12.0 Å². The molecular formula is C16H12BrCl2N3O2. The maximum atomic E-state index is 11.8. The van der Waals surface area contributed by atoms with E-state index in [1.54, 1.807) is 12.1 Å². The molecule has 0 aliphatic heterocycles. The molecule has 0 aromatic heterocycles. The zero-order chi connectivity index (χ0) is 17.5. The first-order chi connectivity index (χ1) is 11.4. The molecule has 0 spiro atoms. The van der Waals surface area contributed by atoms with Crippen LogP contribution in [0.5, 0.6) is 0 Å². The fourth-order valence-electron chi connectivity index (χ4n) is 1.73. The van der Waals surface area contributed by atoms with Crippen molar-refractivity contribution in [3.05, 3.63) is 62.5 Å². The van der Waals surface area contributed by atoms with Crippen molar-refractivity contribution >= 4 is 62.8 Å². The number of carbonyl (C=O) groups excluding carboxylic acids is 2. The number of amides is 2. The van der Waals surface area contributed by atoms with Gasteiger partial charge in [0.05, 0.1) is 16.3 Å². The smallest absolute Gasteiger partial charge is 0.249 e. The van der Waals surface area contributed by atoms with E-state index in [1.165, 1.54) is 12.3 Å². The average molecular weight is 429 g/mol. The van der Waals surface area contributed by atoms with Crippen LogP contribution >= 0.6 is 39.1 Å². The highest BCUT2D eigenvalue weighted by Gasteiger charge is 2.09. The highest BCUT2D eigenvalue weighted by molar-refractivity contribution is 9.10. The summed E-state index contributed by atoms with van der Waals surface area (Å²) < 4.78 is 0.902. The lowest BCUT2D eigenvalue weighted by Crippen LogP contribution is -2.24. The molecule has 0 aliphatic carbocycles. The third kappa shape index (κ3) is 5.96. The van der Waals surface area contributed by atoms with E-state index in [4.69, 9.17) is 23.2 Å². The van der Waals surface area contributed by atoms with Crippen LogP contribution in [-0.4, -0.2) is 18.0 Å². The molecule has 0 saturated carbocycles. The van der Waals surface area contributed by atoms with Gasteiger partial charge in [-0.3, -0.25) is 9.59 Å². The summed E-state index contributed by atoms with van der Waals surface area (Å²) in [6, 6.07) is 12.0. The number of hydrogen-bond acceptors (Lipinski definition) is 3. The van der Waals surface area contributed by atoms with Crippen LogP contribution in [0.2, 0.25) is 10.0 Å². The minimum absolute atomic E-state index is 0.317. The Morgan fingerprint density at radius 1 is 1.08 bits per heavy atom. The van der Waals surface area contributed by atoms with Gasteiger partial charge in [0.15, 0.2) is 0 Å². The van der Waals surface area contributed by atoms with Crippen molar-refractivity contribution < 1.29 is 9.59 Å². The molecule has 2 aromatic carbocycles. The third-order valence-electron chi connectivity index (χ3n) is 2.78. The zero-order valence-electron chi connectivity index (χ0n) is 12.2. The standard InChI is InChI=1S/C16H12BrCl2N3O2/c17-11-3-1-2-10(6-11)9-20-22-16(24)8-15(23)21-12-4-5-13(18)14(19)7-12/h1-7,9H,8H2,(H,21,23)(H,22,24)/b20-9+. The van der Waals surface area contributed by atoms with Gasteiger partial charge in [-0.15, -0.1) is 0 Å². The average Bonchev–Trinajstić information content (AvgIpc) is 2.51. The third-order valence-corrected chi connectivity index (χ3v) is 4.01. The Morgan fingerprint density at radius 2 is 1.88 bits per heavy atom. The molecule has 2 amide bonds. The number of hydrazone groups is 1. The quantitative estimate of drug-likeness (QED) is 0.424. The van der Waals surface area contributed by atoms with Gasteiger partial charge in [0.2, 0.25) is 11.8 Å². The van der Waals surface area contributed by atoms with Gasteiger partial charge in [-0.05, 0) is 35.9 Å². The highest BCUT2D eigenvalue weighted by atomic mass is 79.9. The molecule has 2 aromatic rings. The Kier molecular flexibility index (Phi) is 6.78. The maximum absolute atomic E-state index is 11.8. The molecule has 8 heteroatoms. The molecule has 0 fully saturated rings. The van der Waals surface area contributed by atoms with Crippen LogP contribution in [0, 0.1) is 0 Å². The zero-order valence-corrected chi connectivity index (χ0v) is 15.3. The molecule has 0 saturated heterocycles. The summed E-state index contributed by atoms with van der Waals surface area (Å²) in [5.41, 5.74) is 3.56. The van der Waals surface area contributed by atoms with E-state index in [1.807, 2.05) is 24.3 Å². The summed E-state index contributed by atoms with van der Waals surface area (Å²) in [6.45, 7) is 0. The second-order valence-corrected chi connectivity index (χ2v) is 6.43. The number of anilines is 1. The second-order valence-electron chi connectivity index (χ2n) is 4.70. The van der Waals surface area contributed by atoms with Crippen LogP contribution < -0.4 is 10.7 Å². The summed E-state index contributed by atoms with van der Waals surface area (Å²) in [5, 5.41) is 7.06. The van der Waals surface area contributed by atoms with Crippen LogP contribution in [0.25, 0.3) is 0 Å². The number of benzene rings is 2. The lowest BCUT2D eigenvalue weighted by molar-refractivity contribution is -0.126. The van der Waals surface area contributed by atoms with Gasteiger partial charge in [0, 0.05) is 10.2 Å². The van der Waals surface area contributed by atoms with Crippen molar-refractivity contribution in [3.63, 3.8) is 0 Å². The molecule has 24 heavy (non-hydrogen) atoms. The van der Waals surface area contributed by atoms with Crippen molar-refractivity contribution in [2.24, 2.45) is 5.10 Å². The van der Waals surface area contributed by atoms with Gasteiger partial charge in [-0.2, -0.15) is 5.10 Å². The van der Waals surface area contributed by atoms with Crippen LogP contribution in [0.3, 0.4) is 0 Å². The van der Waals surface area contributed by atoms with E-state index < -0.39 is 11.8 Å². The monoisotopic (exact) mass is 427 g/mol. The van der Waals surface area contributed by atoms with Gasteiger partial charge in [0.1, 0.15) is 6.42 Å². The van der Waals surface area contributed by atoms with Crippen molar-refractivity contribution in [1.82, 2.24) is 5.43 Å². The van der Waals surface area contributed by atoms with Gasteiger partial charge < -0.3 is 5.32 Å². The normalized spacial score (nSPS) is 10.6. The van der Waals surface area contributed by atoms with E-state index >= 15 is 0 Å². The summed E-state index contributed by atoms with van der Waals surface area (Å²) >= 11 is 15.0. The minimum atomic E-state index is -0.529. The molecule has 124 valence electrons. The van der Waals surface area contributed by atoms with Crippen molar-refractivity contribution in [2.45, 2.75) is 6.42 Å². The first-order valence-electron chi connectivity index (χ1n) is 6.76. The maximum Gasteiger partial charge on any atom is 0.249 e. The van der Waals surface area contributed by atoms with E-state index in [-0.39, 0.29) is 6.42 Å². The van der Waals surface area contributed by atoms with Crippen molar-refractivity contribution in [1.29, 1.82) is 0 Å². The lowest BCUT2D eigenvalue weighted by atomic mass is 10.2. The first kappa shape index (κ1) is 18.4. The molecule has 0 atom stereocenters. The summed E-state index contributed by atoms with van der Waals surface area (Å²) in [7, 11) is 0. The second kappa shape index (κ2) is 8.82. The van der Waals surface area contributed by atoms with Gasteiger partial charge in [-0.1, -0.05) is 51.3 Å². The molecule has 0 bridgehead atoms. The lowest BCUT2D eigenvalue weighted by Gasteiger charge is -2.05. The van der Waals surface area contributed by atoms with Crippen LogP contribution in [-0.2, 0) is 9.59 Å². The van der Waals surface area contributed by atoms with Crippen LogP contribution in [0.15, 0.2) is 52.0 Å². The van der Waals surface area contributed by atoms with Crippen LogP contribution in [0.4, 0.5) is 5.69 Å². The number of hydrogen-bond donors (Lipinski definition) is 2. The number of rotatable bonds is 5. The summed E-state index contributed by atoms with van der Waals surface area (Å²) in [6.07, 6.45) is 1.12. The fourth-order valence-corrected chi connectivity index (χ4v) is 2.45. The predicted octanol–water partition coefficient (Wildman–Crippen LogP) is 4.23. The topological polar surface area (TPSA) is 70.6 Å². The summed E-state index contributed by atoms with van der Waals surface area (Å²) in [5.74, 6) is -1.01. The van der Waals surface area contributed by atoms with Gasteiger partial charge in [0.25, 0.3) is 0 Å². The molecule has 0 radical (unpaired) electrons. The van der Waals surface area contributed by atoms with Gasteiger partial charge >= 0.3 is 0 Å². The Balaban J connectivity index is 1.83. The highest BCUT2D eigenvalue weighted by Crippen LogP contribution is 2.24. The predicted molar refractivity (Wildman–Crippen MR) is 99.6 cm³/mol. The van der Waals surface area contributed by atoms with E-state index in [2.05, 4.69) is 31.8 Å². The molecule has 0 heterocycles. The van der Waals surface area contributed by atoms with E-state index in [9.17, 15) is 9.59 Å². The fraction of sp³-hybridized carbons (Fsp3) is 0.0625. The van der Waals surface area contributed by atoms with Crippen molar-refractivity contribution in [2.75, 3.05) is 5.32 Å². The largest absolute Gasteiger partial charge is 0.326 e. The first-order valence-corrected chi connectivity index (χ1v) is 8.31. The Bertz CT molecular complexity index is 797. The Labute approximate surface area is 157 Å². The number of carbonyl (C=O) groups is 2. The SMILES string of the molecule is O=C(CC(=O)Nc1ccc(Cl)c(Cl)c1)N/N=C/c1cccc(Br)c1. The molecule has 2 rings (SSSR count). The number of nitrogens with zero attached hydrogens (tertiary/aromatic N) is 1. The Hall–Kier alpha value is -1.89. The number of halogens is 3. The van der Waals surface area contributed by atoms with Crippen molar-refractivity contribution in [3.8, 4) is 0 Å². The molecule has 2 N–H and O–H groups in total. The van der Waals surface area contributed by atoms with E-state index in [0.29, 0.717) is 15.7 Å². The summed E-state index contributed by atoms with van der Waals surface area (Å²) in [4.78, 5) is 23.5. The van der Waals surface area contributed by atoms with Gasteiger partial charge in [-0.25, -0.2) is 5.43 Å². The molecule has 5 nitrogen and oxygen atoms in total. The number of nitrogens with one attached hydrogen (secondary N) is 2. The molecule has 0 unspecified atom stereocenters. The minimum Gasteiger partial charge on any atom is -0.326 e.